The van der Waals surface area contributed by atoms with Crippen molar-refractivity contribution >= 4 is 5.69 Å². The number of likely N-dealkylation sites (tertiary alicyclic amines) is 1. The van der Waals surface area contributed by atoms with Crippen LogP contribution in [0.15, 0.2) is 30.5 Å². The van der Waals surface area contributed by atoms with Gasteiger partial charge in [-0.3, -0.25) is 4.90 Å². The minimum atomic E-state index is -4.34. The molecular formula is C27H42F3N3. The van der Waals surface area contributed by atoms with Crippen molar-refractivity contribution in [2.24, 2.45) is 11.3 Å². The predicted octanol–water partition coefficient (Wildman–Crippen LogP) is 6.79. The van der Waals surface area contributed by atoms with E-state index in [1.807, 2.05) is 0 Å². The fourth-order valence-electron chi connectivity index (χ4n) is 5.17. The summed E-state index contributed by atoms with van der Waals surface area (Å²) in [5, 5.41) is 0. The zero-order chi connectivity index (χ0) is 24.6. The van der Waals surface area contributed by atoms with Crippen molar-refractivity contribution in [2.75, 3.05) is 37.6 Å². The Kier molecular flexibility index (Phi) is 7.48. The molecule has 0 saturated carbocycles. The molecule has 0 spiro atoms. The maximum absolute atomic E-state index is 13.5. The maximum atomic E-state index is 13.5. The van der Waals surface area contributed by atoms with Crippen LogP contribution >= 0.6 is 0 Å². The standard InChI is InChI=1S/C27H42F3N3/c1-8-31(21(3)26(7)13-16-33(19-26)25(4,5)6)18-22-9-10-23(27(28,29)30)17-24(22)32-14-11-20(2)12-15-32/h9-10,17,20H,3,8,11-16,18-19H2,1-2,4-7H3. The second kappa shape index (κ2) is 9.52. The number of anilines is 1. The first kappa shape index (κ1) is 25.9. The van der Waals surface area contributed by atoms with Crippen molar-refractivity contribution in [3.05, 3.63) is 41.6 Å². The van der Waals surface area contributed by atoms with Crippen LogP contribution in [0.1, 0.15) is 71.9 Å². The molecule has 1 atom stereocenters. The number of piperidine rings is 1. The van der Waals surface area contributed by atoms with Gasteiger partial charge in [0.25, 0.3) is 0 Å². The van der Waals surface area contributed by atoms with Gasteiger partial charge in [0.1, 0.15) is 0 Å². The lowest BCUT2D eigenvalue weighted by Crippen LogP contribution is -2.42. The highest BCUT2D eigenvalue weighted by Crippen LogP contribution is 2.42. The second-order valence-corrected chi connectivity index (χ2v) is 11.4. The van der Waals surface area contributed by atoms with Gasteiger partial charge in [-0.05, 0) is 77.1 Å². The van der Waals surface area contributed by atoms with Gasteiger partial charge in [-0.1, -0.05) is 26.5 Å². The number of benzene rings is 1. The molecule has 0 aromatic heterocycles. The van der Waals surface area contributed by atoms with E-state index in [4.69, 9.17) is 0 Å². The highest BCUT2D eigenvalue weighted by Gasteiger charge is 2.41. The van der Waals surface area contributed by atoms with Crippen LogP contribution in [0.2, 0.25) is 0 Å². The van der Waals surface area contributed by atoms with E-state index in [0.717, 1.165) is 68.9 Å². The zero-order valence-corrected chi connectivity index (χ0v) is 21.4. The van der Waals surface area contributed by atoms with E-state index in [0.29, 0.717) is 12.5 Å². The molecule has 3 rings (SSSR count). The summed E-state index contributed by atoms with van der Waals surface area (Å²) < 4.78 is 40.6. The zero-order valence-electron chi connectivity index (χ0n) is 21.4. The molecule has 0 aliphatic carbocycles. The first-order valence-electron chi connectivity index (χ1n) is 12.4. The van der Waals surface area contributed by atoms with Gasteiger partial charge in [-0.2, -0.15) is 13.2 Å². The second-order valence-electron chi connectivity index (χ2n) is 11.4. The molecule has 0 radical (unpaired) electrons. The SMILES string of the molecule is C=C(N(CC)Cc1ccc(C(F)(F)F)cc1N1CCC(C)CC1)C1(C)CCN(C(C)(C)C)C1. The summed E-state index contributed by atoms with van der Waals surface area (Å²) in [6.45, 7) is 22.8. The molecule has 0 N–H and O–H groups in total. The largest absolute Gasteiger partial charge is 0.416 e. The molecule has 2 aliphatic rings. The number of hydrogen-bond donors (Lipinski definition) is 0. The molecule has 1 aromatic carbocycles. The average Bonchev–Trinajstić information content (AvgIpc) is 3.15. The van der Waals surface area contributed by atoms with E-state index >= 15 is 0 Å². The van der Waals surface area contributed by atoms with E-state index in [2.05, 4.69) is 62.8 Å². The first-order valence-corrected chi connectivity index (χ1v) is 12.4. The molecular weight excluding hydrogens is 423 g/mol. The van der Waals surface area contributed by atoms with Gasteiger partial charge in [0.15, 0.2) is 0 Å². The van der Waals surface area contributed by atoms with Crippen LogP contribution in [-0.2, 0) is 12.7 Å². The first-order chi connectivity index (χ1) is 15.2. The molecule has 33 heavy (non-hydrogen) atoms. The molecule has 1 aromatic rings. The van der Waals surface area contributed by atoms with Crippen molar-refractivity contribution in [1.82, 2.24) is 9.80 Å². The summed E-state index contributed by atoms with van der Waals surface area (Å²) in [5.41, 5.74) is 2.29. The molecule has 2 saturated heterocycles. The van der Waals surface area contributed by atoms with Crippen LogP contribution in [0.5, 0.6) is 0 Å². The number of hydrogen-bond acceptors (Lipinski definition) is 3. The van der Waals surface area contributed by atoms with Crippen molar-refractivity contribution < 1.29 is 13.2 Å². The molecule has 2 heterocycles. The fraction of sp³-hybridized carbons (Fsp3) is 0.704. The Morgan fingerprint density at radius 1 is 1.15 bits per heavy atom. The van der Waals surface area contributed by atoms with Crippen LogP contribution in [0, 0.1) is 11.3 Å². The number of halogens is 3. The lowest BCUT2D eigenvalue weighted by molar-refractivity contribution is -0.137. The average molecular weight is 466 g/mol. The Labute approximate surface area is 198 Å². The summed E-state index contributed by atoms with van der Waals surface area (Å²) in [4.78, 5) is 6.93. The van der Waals surface area contributed by atoms with Crippen LogP contribution in [0.3, 0.4) is 0 Å². The van der Waals surface area contributed by atoms with Crippen molar-refractivity contribution in [3.8, 4) is 0 Å². The smallest absolute Gasteiger partial charge is 0.371 e. The van der Waals surface area contributed by atoms with Crippen molar-refractivity contribution in [1.29, 1.82) is 0 Å². The molecule has 186 valence electrons. The van der Waals surface area contributed by atoms with Gasteiger partial charge in [-0.25, -0.2) is 0 Å². The third-order valence-corrected chi connectivity index (χ3v) is 7.78. The topological polar surface area (TPSA) is 9.72 Å². The summed E-state index contributed by atoms with van der Waals surface area (Å²) in [6.07, 6.45) is -1.26. The normalized spacial score (nSPS) is 23.2. The van der Waals surface area contributed by atoms with Crippen molar-refractivity contribution in [3.63, 3.8) is 0 Å². The molecule has 3 nitrogen and oxygen atoms in total. The van der Waals surface area contributed by atoms with Crippen LogP contribution in [0.4, 0.5) is 18.9 Å². The third kappa shape index (κ3) is 5.87. The predicted molar refractivity (Wildman–Crippen MR) is 131 cm³/mol. The maximum Gasteiger partial charge on any atom is 0.416 e. The summed E-state index contributed by atoms with van der Waals surface area (Å²) in [7, 11) is 0. The summed E-state index contributed by atoms with van der Waals surface area (Å²) in [6, 6.07) is 4.28. The monoisotopic (exact) mass is 465 g/mol. The van der Waals surface area contributed by atoms with E-state index < -0.39 is 11.7 Å². The molecule has 6 heteroatoms. The minimum absolute atomic E-state index is 0.0318. The Morgan fingerprint density at radius 3 is 2.30 bits per heavy atom. The van der Waals surface area contributed by atoms with Gasteiger partial charge in [0.2, 0.25) is 0 Å². The van der Waals surface area contributed by atoms with Crippen LogP contribution < -0.4 is 4.90 Å². The summed E-state index contributed by atoms with van der Waals surface area (Å²) >= 11 is 0. The Bertz CT molecular complexity index is 834. The number of alkyl halides is 3. The molecule has 1 unspecified atom stereocenters. The van der Waals surface area contributed by atoms with E-state index in [-0.39, 0.29) is 11.0 Å². The Morgan fingerprint density at radius 2 is 1.79 bits per heavy atom. The van der Waals surface area contributed by atoms with Gasteiger partial charge in [0.05, 0.1) is 5.56 Å². The van der Waals surface area contributed by atoms with Gasteiger partial charge >= 0.3 is 6.18 Å². The van der Waals surface area contributed by atoms with Gasteiger partial charge < -0.3 is 9.80 Å². The minimum Gasteiger partial charge on any atom is -0.371 e. The molecule has 2 aliphatic heterocycles. The lowest BCUT2D eigenvalue weighted by atomic mass is 9.85. The lowest BCUT2D eigenvalue weighted by Gasteiger charge is -2.39. The molecule has 0 bridgehead atoms. The van der Waals surface area contributed by atoms with E-state index in [9.17, 15) is 13.2 Å². The van der Waals surface area contributed by atoms with Crippen LogP contribution in [-0.4, -0.2) is 48.1 Å². The van der Waals surface area contributed by atoms with E-state index in [1.165, 1.54) is 12.1 Å². The number of rotatable bonds is 6. The fourth-order valence-corrected chi connectivity index (χ4v) is 5.17. The highest BCUT2D eigenvalue weighted by atomic mass is 19.4. The van der Waals surface area contributed by atoms with E-state index in [1.54, 1.807) is 6.07 Å². The summed E-state index contributed by atoms with van der Waals surface area (Å²) in [5.74, 6) is 0.621. The number of nitrogens with zero attached hydrogens (tertiary/aromatic N) is 3. The molecule has 2 fully saturated rings. The third-order valence-electron chi connectivity index (χ3n) is 7.78. The Balaban J connectivity index is 1.86. The highest BCUT2D eigenvalue weighted by molar-refractivity contribution is 5.56. The van der Waals surface area contributed by atoms with Crippen LogP contribution in [0.25, 0.3) is 0 Å². The quantitative estimate of drug-likeness (QED) is 0.458. The van der Waals surface area contributed by atoms with Crippen molar-refractivity contribution in [2.45, 2.75) is 79.1 Å². The van der Waals surface area contributed by atoms with Gasteiger partial charge in [-0.15, -0.1) is 0 Å². The van der Waals surface area contributed by atoms with Gasteiger partial charge in [0, 0.05) is 55.1 Å². The Hall–Kier alpha value is -1.69. The molecule has 0 amide bonds.